The van der Waals surface area contributed by atoms with Crippen molar-refractivity contribution < 1.29 is 27.9 Å². The largest absolute Gasteiger partial charge is 0.497 e. The number of sulfonamides is 1. The van der Waals surface area contributed by atoms with Gasteiger partial charge in [-0.05, 0) is 55.5 Å². The van der Waals surface area contributed by atoms with Crippen LogP contribution in [0.15, 0.2) is 29.2 Å². The van der Waals surface area contributed by atoms with Gasteiger partial charge in [-0.25, -0.2) is 13.2 Å². The van der Waals surface area contributed by atoms with Crippen LogP contribution in [0.1, 0.15) is 19.3 Å². The number of methoxy groups -OCH3 is 1. The van der Waals surface area contributed by atoms with Gasteiger partial charge in [-0.1, -0.05) is 0 Å². The minimum absolute atomic E-state index is 0.0368. The maximum Gasteiger partial charge on any atom is 0.326 e. The first-order valence-corrected chi connectivity index (χ1v) is 11.8. The van der Waals surface area contributed by atoms with E-state index < -0.39 is 33.9 Å². The van der Waals surface area contributed by atoms with Gasteiger partial charge in [-0.15, -0.1) is 0 Å². The van der Waals surface area contributed by atoms with E-state index in [1.165, 1.54) is 35.3 Å². The van der Waals surface area contributed by atoms with E-state index in [0.29, 0.717) is 37.3 Å². The van der Waals surface area contributed by atoms with Gasteiger partial charge in [0.25, 0.3) is 0 Å². The predicted octanol–water partition coefficient (Wildman–Crippen LogP) is 1.42. The zero-order chi connectivity index (χ0) is 20.7. The fourth-order valence-corrected chi connectivity index (χ4v) is 5.05. The molecule has 1 fully saturated rings. The van der Waals surface area contributed by atoms with Crippen LogP contribution in [0.2, 0.25) is 0 Å². The summed E-state index contributed by atoms with van der Waals surface area (Å²) in [5.74, 6) is -0.901. The highest BCUT2D eigenvalue weighted by molar-refractivity contribution is 7.98. The van der Waals surface area contributed by atoms with E-state index in [0.717, 1.165) is 0 Å². The van der Waals surface area contributed by atoms with Crippen molar-refractivity contribution in [3.63, 3.8) is 0 Å². The summed E-state index contributed by atoms with van der Waals surface area (Å²) in [6, 6.07) is 5.13. The van der Waals surface area contributed by atoms with Gasteiger partial charge < -0.3 is 15.2 Å². The van der Waals surface area contributed by atoms with Gasteiger partial charge in [0.1, 0.15) is 11.8 Å². The normalized spacial score (nSPS) is 19.0. The van der Waals surface area contributed by atoms with Crippen LogP contribution < -0.4 is 10.1 Å². The Morgan fingerprint density at radius 1 is 1.36 bits per heavy atom. The minimum Gasteiger partial charge on any atom is -0.497 e. The monoisotopic (exact) mass is 430 g/mol. The molecule has 1 amide bonds. The third-order valence-electron chi connectivity index (χ3n) is 4.68. The fourth-order valence-electron chi connectivity index (χ4n) is 3.05. The van der Waals surface area contributed by atoms with E-state index in [2.05, 4.69) is 5.32 Å². The number of ether oxygens (including phenoxy) is 1. The van der Waals surface area contributed by atoms with Crippen molar-refractivity contribution in [2.24, 2.45) is 5.92 Å². The van der Waals surface area contributed by atoms with Gasteiger partial charge in [0, 0.05) is 13.1 Å². The molecule has 0 aromatic heterocycles. The Morgan fingerprint density at radius 3 is 2.61 bits per heavy atom. The highest BCUT2D eigenvalue weighted by Gasteiger charge is 2.34. The number of nitrogens with one attached hydrogen (secondary N) is 1. The van der Waals surface area contributed by atoms with Crippen LogP contribution >= 0.6 is 11.8 Å². The second-order valence-corrected chi connectivity index (χ2v) is 9.48. The van der Waals surface area contributed by atoms with Crippen LogP contribution in [-0.4, -0.2) is 68.0 Å². The number of carboxylic acids is 1. The molecule has 1 saturated heterocycles. The summed E-state index contributed by atoms with van der Waals surface area (Å²) in [5, 5.41) is 11.8. The van der Waals surface area contributed by atoms with Crippen molar-refractivity contribution in [3.8, 4) is 5.75 Å². The first kappa shape index (κ1) is 22.5. The summed E-state index contributed by atoms with van der Waals surface area (Å²) in [4.78, 5) is 24.0. The number of carbonyl (C=O) groups excluding carboxylic acids is 1. The van der Waals surface area contributed by atoms with E-state index in [1.54, 1.807) is 12.1 Å². The molecule has 1 aromatic carbocycles. The molecule has 2 rings (SSSR count). The van der Waals surface area contributed by atoms with E-state index in [4.69, 9.17) is 4.74 Å². The number of hydrogen-bond acceptors (Lipinski definition) is 6. The third kappa shape index (κ3) is 5.62. The zero-order valence-corrected chi connectivity index (χ0v) is 17.6. The van der Waals surface area contributed by atoms with E-state index in [9.17, 15) is 23.1 Å². The molecule has 0 radical (unpaired) electrons. The topological polar surface area (TPSA) is 113 Å². The van der Waals surface area contributed by atoms with Crippen molar-refractivity contribution >= 4 is 33.7 Å². The standard InChI is InChI=1S/C18H26N2O6S2/c1-26-14-5-7-15(8-6-14)28(24,25)20-10-3-4-13(12-20)17(21)19-16(18(22)23)9-11-27-2/h5-8,13,16H,3-4,9-12H2,1-2H3,(H,19,21)(H,22,23)/t13?,16-/m0/s1. The molecule has 0 aliphatic carbocycles. The van der Waals surface area contributed by atoms with Gasteiger partial charge in [-0.2, -0.15) is 16.1 Å². The lowest BCUT2D eigenvalue weighted by atomic mass is 9.98. The van der Waals surface area contributed by atoms with Crippen LogP contribution in [-0.2, 0) is 19.6 Å². The molecule has 1 aliphatic rings. The summed E-state index contributed by atoms with van der Waals surface area (Å²) < 4.78 is 32.1. The molecular weight excluding hydrogens is 404 g/mol. The predicted molar refractivity (Wildman–Crippen MR) is 107 cm³/mol. The SMILES string of the molecule is COc1ccc(S(=O)(=O)N2CCCC(C(=O)N[C@@H](CCSC)C(=O)O)C2)cc1. The highest BCUT2D eigenvalue weighted by Crippen LogP contribution is 2.25. The second kappa shape index (κ2) is 10.1. The summed E-state index contributed by atoms with van der Waals surface area (Å²) in [5.41, 5.74) is 0. The second-order valence-electron chi connectivity index (χ2n) is 6.56. The number of nitrogens with zero attached hydrogens (tertiary/aromatic N) is 1. The smallest absolute Gasteiger partial charge is 0.326 e. The van der Waals surface area contributed by atoms with Gasteiger partial charge in [0.05, 0.1) is 17.9 Å². The van der Waals surface area contributed by atoms with Gasteiger partial charge in [0.2, 0.25) is 15.9 Å². The number of amides is 1. The van der Waals surface area contributed by atoms with Gasteiger partial charge in [-0.3, -0.25) is 4.79 Å². The Hall–Kier alpha value is -1.78. The van der Waals surface area contributed by atoms with Gasteiger partial charge >= 0.3 is 5.97 Å². The molecule has 156 valence electrons. The molecular formula is C18H26N2O6S2. The Kier molecular flexibility index (Phi) is 8.14. The maximum absolute atomic E-state index is 12.9. The van der Waals surface area contributed by atoms with E-state index in [-0.39, 0.29) is 11.4 Å². The molecule has 1 aliphatic heterocycles. The Balaban J connectivity index is 2.07. The lowest BCUT2D eigenvalue weighted by molar-refractivity contribution is -0.142. The molecule has 0 spiro atoms. The zero-order valence-electron chi connectivity index (χ0n) is 16.0. The fraction of sp³-hybridized carbons (Fsp3) is 0.556. The van der Waals surface area contributed by atoms with Crippen molar-refractivity contribution in [1.82, 2.24) is 9.62 Å². The molecule has 1 heterocycles. The molecule has 2 N–H and O–H groups in total. The molecule has 1 unspecified atom stereocenters. The average Bonchev–Trinajstić information content (AvgIpc) is 2.70. The van der Waals surface area contributed by atoms with E-state index in [1.807, 2.05) is 6.26 Å². The molecule has 8 nitrogen and oxygen atoms in total. The Labute approximate surface area is 169 Å². The minimum atomic E-state index is -3.73. The lowest BCUT2D eigenvalue weighted by Gasteiger charge is -2.31. The first-order chi connectivity index (χ1) is 13.3. The van der Waals surface area contributed by atoms with Crippen molar-refractivity contribution in [2.75, 3.05) is 32.2 Å². The van der Waals surface area contributed by atoms with Crippen molar-refractivity contribution in [2.45, 2.75) is 30.2 Å². The van der Waals surface area contributed by atoms with Gasteiger partial charge in [0.15, 0.2) is 0 Å². The number of thioether (sulfide) groups is 1. The summed E-state index contributed by atoms with van der Waals surface area (Å²) >= 11 is 1.50. The molecule has 10 heteroatoms. The first-order valence-electron chi connectivity index (χ1n) is 8.96. The molecule has 28 heavy (non-hydrogen) atoms. The van der Waals surface area contributed by atoms with Crippen LogP contribution in [0, 0.1) is 5.92 Å². The number of aliphatic carboxylic acids is 1. The highest BCUT2D eigenvalue weighted by atomic mass is 32.2. The molecule has 0 bridgehead atoms. The Bertz CT molecular complexity index is 782. The molecule has 0 saturated carbocycles. The third-order valence-corrected chi connectivity index (χ3v) is 7.20. The Morgan fingerprint density at radius 2 is 2.04 bits per heavy atom. The number of carboxylic acid groups (broad SMARTS) is 1. The summed E-state index contributed by atoms with van der Waals surface area (Å²) in [6.45, 7) is 0.363. The number of carbonyl (C=O) groups is 2. The van der Waals surface area contributed by atoms with E-state index >= 15 is 0 Å². The van der Waals surface area contributed by atoms with Crippen LogP contribution in [0.3, 0.4) is 0 Å². The van der Waals surface area contributed by atoms with Crippen LogP contribution in [0.25, 0.3) is 0 Å². The quantitative estimate of drug-likeness (QED) is 0.609. The van der Waals surface area contributed by atoms with Crippen LogP contribution in [0.5, 0.6) is 5.75 Å². The lowest BCUT2D eigenvalue weighted by Crippen LogP contribution is -2.49. The summed E-state index contributed by atoms with van der Waals surface area (Å²) in [6.07, 6.45) is 3.25. The number of rotatable bonds is 9. The number of piperidine rings is 1. The average molecular weight is 431 g/mol. The maximum atomic E-state index is 12.9. The molecule has 1 aromatic rings. The van der Waals surface area contributed by atoms with Crippen molar-refractivity contribution in [1.29, 1.82) is 0 Å². The summed E-state index contributed by atoms with van der Waals surface area (Å²) in [7, 11) is -2.23. The van der Waals surface area contributed by atoms with Crippen LogP contribution in [0.4, 0.5) is 0 Å². The molecule has 2 atom stereocenters. The number of hydrogen-bond donors (Lipinski definition) is 2. The van der Waals surface area contributed by atoms with Crippen molar-refractivity contribution in [3.05, 3.63) is 24.3 Å². The number of benzene rings is 1.